The van der Waals surface area contributed by atoms with E-state index in [0.717, 1.165) is 46.8 Å². The van der Waals surface area contributed by atoms with Gasteiger partial charge >= 0.3 is 5.97 Å². The first-order valence-corrected chi connectivity index (χ1v) is 16.1. The molecular weight excluding hydrogens is 582 g/mol. The summed E-state index contributed by atoms with van der Waals surface area (Å²) in [5.41, 5.74) is 4.41. The highest BCUT2D eigenvalue weighted by Gasteiger charge is 2.44. The van der Waals surface area contributed by atoms with Crippen molar-refractivity contribution in [3.63, 3.8) is 0 Å². The Balaban J connectivity index is 1.64. The molecule has 0 atom stereocenters. The molecule has 2 aliphatic rings. The number of carbonyl (C=O) groups is 1. The Labute approximate surface area is 258 Å². The number of benzene rings is 2. The van der Waals surface area contributed by atoms with E-state index in [9.17, 15) is 27.9 Å². The van der Waals surface area contributed by atoms with Gasteiger partial charge < -0.3 is 14.6 Å². The van der Waals surface area contributed by atoms with Crippen molar-refractivity contribution in [1.82, 2.24) is 0 Å². The Morgan fingerprint density at radius 1 is 1.00 bits per heavy atom. The predicted molar refractivity (Wildman–Crippen MR) is 169 cm³/mol. The fourth-order valence-corrected chi connectivity index (χ4v) is 6.75. The molecule has 0 saturated heterocycles. The number of nitro benzene ring substituents is 1. The molecule has 0 fully saturated rings. The smallest absolute Gasteiger partial charge is 0.303 e. The van der Waals surface area contributed by atoms with Gasteiger partial charge in [-0.1, -0.05) is 32.1 Å². The fourth-order valence-electron chi connectivity index (χ4n) is 6.25. The zero-order valence-electron chi connectivity index (χ0n) is 25.7. The average molecular weight is 622 g/mol. The number of likely N-dealkylation sites (N-methyl/N-ethyl adjacent to an activating group) is 1. The van der Waals surface area contributed by atoms with E-state index in [1.54, 1.807) is 18.2 Å². The molecule has 0 amide bonds. The van der Waals surface area contributed by atoms with Crippen LogP contribution in [0, 0.1) is 10.1 Å². The third kappa shape index (κ3) is 6.39. The lowest BCUT2D eigenvalue weighted by atomic mass is 9.81. The molecule has 1 N–H and O–H groups in total. The van der Waals surface area contributed by atoms with Crippen LogP contribution < -0.4 is 4.90 Å². The maximum absolute atomic E-state index is 11.8. The van der Waals surface area contributed by atoms with Gasteiger partial charge in [-0.2, -0.15) is 4.58 Å². The maximum Gasteiger partial charge on any atom is 0.303 e. The van der Waals surface area contributed by atoms with Gasteiger partial charge in [-0.25, -0.2) is 8.42 Å². The number of rotatable bonds is 12. The normalized spacial score (nSPS) is 18.0. The Kier molecular flexibility index (Phi) is 9.32. The van der Waals surface area contributed by atoms with Gasteiger partial charge in [0.05, 0.1) is 15.2 Å². The highest BCUT2D eigenvalue weighted by molar-refractivity contribution is 7.85. The number of hydrogen-bond acceptors (Lipinski definition) is 7. The first-order valence-electron chi connectivity index (χ1n) is 14.7. The number of unbranched alkanes of at least 4 members (excludes halogenated alkanes) is 2. The summed E-state index contributed by atoms with van der Waals surface area (Å²) in [6.07, 6.45) is 11.9. The van der Waals surface area contributed by atoms with E-state index >= 15 is 0 Å². The van der Waals surface area contributed by atoms with Gasteiger partial charge in [0.15, 0.2) is 5.71 Å². The summed E-state index contributed by atoms with van der Waals surface area (Å²) in [5, 5.41) is 20.4. The molecular formula is C33H39N3O7S. The van der Waals surface area contributed by atoms with Crippen LogP contribution in [0.2, 0.25) is 0 Å². The van der Waals surface area contributed by atoms with Crippen molar-refractivity contribution >= 4 is 38.9 Å². The molecule has 0 unspecified atom stereocenters. The molecule has 44 heavy (non-hydrogen) atoms. The number of hydrogen-bond donors (Lipinski definition) is 1. The summed E-state index contributed by atoms with van der Waals surface area (Å²) in [5.74, 6) is -0.825. The molecule has 0 saturated carbocycles. The van der Waals surface area contributed by atoms with Crippen molar-refractivity contribution in [2.45, 2.75) is 76.0 Å². The average Bonchev–Trinajstić information content (AvgIpc) is 3.29. The predicted octanol–water partition coefficient (Wildman–Crippen LogP) is 6.33. The summed E-state index contributed by atoms with van der Waals surface area (Å²) < 4.78 is 37.5. The van der Waals surface area contributed by atoms with E-state index in [4.69, 9.17) is 5.11 Å². The molecule has 2 heterocycles. The van der Waals surface area contributed by atoms with Gasteiger partial charge in [-0.3, -0.25) is 14.9 Å². The van der Waals surface area contributed by atoms with Crippen molar-refractivity contribution in [2.75, 3.05) is 18.0 Å². The molecule has 2 aliphatic heterocycles. The summed E-state index contributed by atoms with van der Waals surface area (Å²) in [4.78, 5) is 23.8. The molecule has 0 aromatic heterocycles. The van der Waals surface area contributed by atoms with Gasteiger partial charge in [0.2, 0.25) is 5.69 Å². The lowest BCUT2D eigenvalue weighted by Crippen LogP contribution is -2.28. The van der Waals surface area contributed by atoms with Crippen molar-refractivity contribution in [3.8, 4) is 0 Å². The van der Waals surface area contributed by atoms with Gasteiger partial charge in [0.25, 0.3) is 5.69 Å². The van der Waals surface area contributed by atoms with E-state index in [0.29, 0.717) is 19.5 Å². The monoisotopic (exact) mass is 621 g/mol. The molecule has 0 aliphatic carbocycles. The summed E-state index contributed by atoms with van der Waals surface area (Å²) in [6.45, 7) is 11.4. The number of anilines is 1. The van der Waals surface area contributed by atoms with Gasteiger partial charge in [-0.05, 0) is 63.5 Å². The van der Waals surface area contributed by atoms with Crippen molar-refractivity contribution in [1.29, 1.82) is 0 Å². The van der Waals surface area contributed by atoms with E-state index in [1.165, 1.54) is 18.2 Å². The van der Waals surface area contributed by atoms with Crippen LogP contribution in [-0.4, -0.2) is 52.3 Å². The molecule has 0 spiro atoms. The minimum absolute atomic E-state index is 0.0659. The minimum atomic E-state index is -4.62. The molecule has 10 nitrogen and oxygen atoms in total. The van der Waals surface area contributed by atoms with Crippen molar-refractivity contribution < 1.29 is 32.4 Å². The lowest BCUT2D eigenvalue weighted by Gasteiger charge is -2.25. The third-order valence-corrected chi connectivity index (χ3v) is 9.39. The van der Waals surface area contributed by atoms with Gasteiger partial charge in [-0.15, -0.1) is 0 Å². The van der Waals surface area contributed by atoms with Crippen LogP contribution in [0.1, 0.15) is 71.4 Å². The summed E-state index contributed by atoms with van der Waals surface area (Å²) in [7, 11) is -4.62. The zero-order chi connectivity index (χ0) is 32.4. The maximum atomic E-state index is 11.8. The largest absolute Gasteiger partial charge is 0.744 e. The topological polar surface area (TPSA) is 144 Å². The second-order valence-corrected chi connectivity index (χ2v) is 13.5. The molecule has 2 aromatic rings. The van der Waals surface area contributed by atoms with Crippen LogP contribution >= 0.6 is 0 Å². The molecule has 11 heteroatoms. The van der Waals surface area contributed by atoms with Crippen LogP contribution in [-0.2, 0) is 25.7 Å². The number of nitrogens with zero attached hydrogens (tertiary/aromatic N) is 3. The van der Waals surface area contributed by atoms with Crippen LogP contribution in [0.3, 0.4) is 0 Å². The second-order valence-electron chi connectivity index (χ2n) is 12.1. The van der Waals surface area contributed by atoms with Gasteiger partial charge in [0, 0.05) is 66.0 Å². The second kappa shape index (κ2) is 12.5. The molecule has 2 aromatic carbocycles. The summed E-state index contributed by atoms with van der Waals surface area (Å²) >= 11 is 0. The molecule has 0 radical (unpaired) electrons. The summed E-state index contributed by atoms with van der Waals surface area (Å²) in [6, 6.07) is 9.45. The minimum Gasteiger partial charge on any atom is -0.744 e. The standard InChI is InChI=1S/C33H39N3O7S/c1-6-34-27-18-16-23(36(39)40)21-25(27)32(2,3)29(34)13-9-7-10-14-30-33(4,5)26-22-24(44(41,42)43)17-19-28(26)35(30)20-12-8-11-15-31(37)38/h7,9-10,13-14,16-19,21-22H,6,8,11-12,15,20H2,1-5H3,(H-,37,38,41,42,43). The van der Waals surface area contributed by atoms with E-state index < -0.39 is 26.9 Å². The Morgan fingerprint density at radius 3 is 2.36 bits per heavy atom. The van der Waals surface area contributed by atoms with Crippen LogP contribution in [0.25, 0.3) is 0 Å². The number of nitro groups is 1. The molecule has 4 rings (SSSR count). The van der Waals surface area contributed by atoms with Crippen molar-refractivity contribution in [2.24, 2.45) is 0 Å². The first kappa shape index (κ1) is 32.8. The van der Waals surface area contributed by atoms with Crippen LogP contribution in [0.4, 0.5) is 17.1 Å². The number of carboxylic acid groups (broad SMARTS) is 1. The van der Waals surface area contributed by atoms with E-state index in [-0.39, 0.29) is 21.9 Å². The van der Waals surface area contributed by atoms with Crippen LogP contribution in [0.15, 0.2) is 77.4 Å². The quantitative estimate of drug-likeness (QED) is 0.0723. The van der Waals surface area contributed by atoms with Crippen LogP contribution in [0.5, 0.6) is 0 Å². The number of non-ortho nitro benzene ring substituents is 1. The third-order valence-electron chi connectivity index (χ3n) is 8.56. The highest BCUT2D eigenvalue weighted by Crippen LogP contribution is 2.48. The highest BCUT2D eigenvalue weighted by atomic mass is 32.2. The fraction of sp³-hybridized carbons (Fsp3) is 0.394. The van der Waals surface area contributed by atoms with E-state index in [2.05, 4.69) is 23.3 Å². The number of fused-ring (bicyclic) bond motifs is 2. The lowest BCUT2D eigenvalue weighted by molar-refractivity contribution is -0.438. The molecule has 234 valence electrons. The van der Waals surface area contributed by atoms with Crippen molar-refractivity contribution in [3.05, 3.63) is 93.7 Å². The SMILES string of the molecule is CCN1\C(=C/C=C/C=C/C2=[N+](CCCCCC(=O)O)c3ccc(S(=O)(=O)[O-])cc3C2(C)C)C(C)(C)c2cc([N+](=O)[O-])ccc21. The number of aliphatic carboxylic acids is 1. The van der Waals surface area contributed by atoms with Gasteiger partial charge in [0.1, 0.15) is 16.7 Å². The Hall–Kier alpha value is -4.09. The number of allylic oxidation sites excluding steroid dienone is 6. The molecule has 0 bridgehead atoms. The Bertz CT molecular complexity index is 1720. The van der Waals surface area contributed by atoms with E-state index in [1.807, 2.05) is 51.2 Å². The first-order chi connectivity index (χ1) is 20.6. The zero-order valence-corrected chi connectivity index (χ0v) is 26.6. The Morgan fingerprint density at radius 2 is 1.73 bits per heavy atom. The number of carboxylic acids is 1.